The molecule has 1 N–H and O–H groups in total. The van der Waals surface area contributed by atoms with Crippen LogP contribution in [-0.2, 0) is 12.8 Å². The second-order valence-electron chi connectivity index (χ2n) is 7.07. The van der Waals surface area contributed by atoms with Crippen LogP contribution in [0.5, 0.6) is 0 Å². The predicted molar refractivity (Wildman–Crippen MR) is 97.2 cm³/mol. The molecule has 1 fully saturated rings. The van der Waals surface area contributed by atoms with E-state index >= 15 is 0 Å². The maximum Gasteiger partial charge on any atom is 0.135 e. The Labute approximate surface area is 148 Å². The lowest BCUT2D eigenvalue weighted by atomic mass is 9.75. The first-order valence-corrected chi connectivity index (χ1v) is 8.98. The lowest BCUT2D eigenvalue weighted by Crippen LogP contribution is -2.47. The van der Waals surface area contributed by atoms with E-state index in [0.29, 0.717) is 18.5 Å². The molecule has 0 saturated carbocycles. The number of aromatic nitrogens is 2. The highest BCUT2D eigenvalue weighted by Gasteiger charge is 2.36. The molecule has 1 saturated heterocycles. The Hall–Kier alpha value is -2.01. The van der Waals surface area contributed by atoms with Crippen LogP contribution in [0, 0.1) is 18.2 Å². The highest BCUT2D eigenvalue weighted by atomic mass is 19.1. The summed E-state index contributed by atoms with van der Waals surface area (Å²) < 4.78 is 14.1. The standard InChI is InChI=1S/C20H26FN3O/c1-3-16-12-22-15(2)23-19(16)24-10-6-9-20(13-24,14-25)11-17-7-4-5-8-18(17)21/h4-5,7-8,12,25H,3,6,9-11,13-14H2,1-2H3. The van der Waals surface area contributed by atoms with E-state index in [4.69, 9.17) is 0 Å². The number of aliphatic hydroxyl groups excluding tert-OH is 1. The molecule has 0 bridgehead atoms. The van der Waals surface area contributed by atoms with Gasteiger partial charge >= 0.3 is 0 Å². The van der Waals surface area contributed by atoms with Gasteiger partial charge in [-0.3, -0.25) is 0 Å². The summed E-state index contributed by atoms with van der Waals surface area (Å²) in [4.78, 5) is 11.2. The van der Waals surface area contributed by atoms with Crippen molar-refractivity contribution >= 4 is 5.82 Å². The number of halogens is 1. The van der Waals surface area contributed by atoms with Gasteiger partial charge in [-0.2, -0.15) is 0 Å². The summed E-state index contributed by atoms with van der Waals surface area (Å²) in [6.07, 6.45) is 5.15. The fraction of sp³-hybridized carbons (Fsp3) is 0.500. The Balaban J connectivity index is 1.88. The van der Waals surface area contributed by atoms with E-state index in [-0.39, 0.29) is 17.8 Å². The summed E-state index contributed by atoms with van der Waals surface area (Å²) in [6.45, 7) is 5.62. The zero-order valence-corrected chi connectivity index (χ0v) is 15.0. The monoisotopic (exact) mass is 343 g/mol. The van der Waals surface area contributed by atoms with Crippen molar-refractivity contribution in [3.8, 4) is 0 Å². The number of aliphatic hydroxyl groups is 1. The molecule has 0 amide bonds. The van der Waals surface area contributed by atoms with E-state index in [1.807, 2.05) is 25.3 Å². The zero-order chi connectivity index (χ0) is 17.9. The van der Waals surface area contributed by atoms with Gasteiger partial charge in [-0.25, -0.2) is 14.4 Å². The molecule has 1 aliphatic heterocycles. The van der Waals surface area contributed by atoms with E-state index in [0.717, 1.165) is 43.0 Å². The predicted octanol–water partition coefficient (Wildman–Crippen LogP) is 3.31. The minimum atomic E-state index is -0.343. The lowest BCUT2D eigenvalue weighted by Gasteiger charge is -2.43. The Morgan fingerprint density at radius 3 is 2.80 bits per heavy atom. The SMILES string of the molecule is CCc1cnc(C)nc1N1CCCC(CO)(Cc2ccccc2F)C1. The molecule has 2 heterocycles. The van der Waals surface area contributed by atoms with Gasteiger partial charge < -0.3 is 10.0 Å². The maximum absolute atomic E-state index is 14.1. The van der Waals surface area contributed by atoms with Gasteiger partial charge in [-0.1, -0.05) is 25.1 Å². The molecule has 1 unspecified atom stereocenters. The van der Waals surface area contributed by atoms with Gasteiger partial charge in [-0.15, -0.1) is 0 Å². The molecule has 1 aliphatic rings. The van der Waals surface area contributed by atoms with Gasteiger partial charge in [0.25, 0.3) is 0 Å². The summed E-state index contributed by atoms with van der Waals surface area (Å²) in [5, 5.41) is 10.2. The summed E-state index contributed by atoms with van der Waals surface area (Å²) in [5.41, 5.74) is 1.45. The number of nitrogens with zero attached hydrogens (tertiary/aromatic N) is 3. The van der Waals surface area contributed by atoms with Gasteiger partial charge in [-0.05, 0) is 44.2 Å². The van der Waals surface area contributed by atoms with Crippen LogP contribution in [0.1, 0.15) is 36.7 Å². The van der Waals surface area contributed by atoms with Crippen molar-refractivity contribution in [1.82, 2.24) is 9.97 Å². The second kappa shape index (κ2) is 7.48. The Morgan fingerprint density at radius 2 is 2.08 bits per heavy atom. The van der Waals surface area contributed by atoms with Crippen molar-refractivity contribution in [1.29, 1.82) is 0 Å². The molecule has 0 radical (unpaired) electrons. The van der Waals surface area contributed by atoms with E-state index in [2.05, 4.69) is 21.8 Å². The maximum atomic E-state index is 14.1. The number of hydrogen-bond acceptors (Lipinski definition) is 4. The first-order valence-electron chi connectivity index (χ1n) is 8.98. The highest BCUT2D eigenvalue weighted by Crippen LogP contribution is 2.36. The average Bonchev–Trinajstić information content (AvgIpc) is 2.64. The smallest absolute Gasteiger partial charge is 0.135 e. The number of piperidine rings is 1. The highest BCUT2D eigenvalue weighted by molar-refractivity contribution is 5.47. The molecule has 0 aliphatic carbocycles. The van der Waals surface area contributed by atoms with Crippen molar-refractivity contribution in [2.24, 2.45) is 5.41 Å². The van der Waals surface area contributed by atoms with Gasteiger partial charge in [0.2, 0.25) is 0 Å². The van der Waals surface area contributed by atoms with Crippen LogP contribution >= 0.6 is 0 Å². The summed E-state index contributed by atoms with van der Waals surface area (Å²) >= 11 is 0. The summed E-state index contributed by atoms with van der Waals surface area (Å²) in [5.74, 6) is 1.52. The quantitative estimate of drug-likeness (QED) is 0.905. The number of aryl methyl sites for hydroxylation is 2. The third-order valence-corrected chi connectivity index (χ3v) is 5.16. The Kier molecular flexibility index (Phi) is 5.33. The van der Waals surface area contributed by atoms with E-state index in [1.54, 1.807) is 6.07 Å². The molecule has 3 rings (SSSR count). The van der Waals surface area contributed by atoms with Gasteiger partial charge in [0, 0.05) is 30.3 Å². The molecular weight excluding hydrogens is 317 g/mol. The molecule has 134 valence electrons. The third-order valence-electron chi connectivity index (χ3n) is 5.16. The first-order chi connectivity index (χ1) is 12.1. The topological polar surface area (TPSA) is 49.2 Å². The summed E-state index contributed by atoms with van der Waals surface area (Å²) in [6, 6.07) is 6.86. The van der Waals surface area contributed by atoms with Crippen LogP contribution in [0.4, 0.5) is 10.2 Å². The van der Waals surface area contributed by atoms with Crippen LogP contribution in [-0.4, -0.2) is 34.8 Å². The number of anilines is 1. The second-order valence-corrected chi connectivity index (χ2v) is 7.07. The molecule has 1 aromatic carbocycles. The average molecular weight is 343 g/mol. The molecule has 0 spiro atoms. The fourth-order valence-corrected chi connectivity index (χ4v) is 3.77. The van der Waals surface area contributed by atoms with E-state index in [1.165, 1.54) is 6.07 Å². The largest absolute Gasteiger partial charge is 0.396 e. The minimum Gasteiger partial charge on any atom is -0.396 e. The van der Waals surface area contributed by atoms with Crippen LogP contribution < -0.4 is 4.90 Å². The van der Waals surface area contributed by atoms with Gasteiger partial charge in [0.1, 0.15) is 17.5 Å². The molecule has 1 aromatic heterocycles. The molecule has 4 nitrogen and oxygen atoms in total. The Bertz CT molecular complexity index is 737. The van der Waals surface area contributed by atoms with Crippen molar-refractivity contribution in [3.63, 3.8) is 0 Å². The normalized spacial score (nSPS) is 20.7. The number of rotatable bonds is 5. The van der Waals surface area contributed by atoms with Crippen molar-refractivity contribution in [2.45, 2.75) is 39.5 Å². The van der Waals surface area contributed by atoms with Crippen molar-refractivity contribution < 1.29 is 9.50 Å². The lowest BCUT2D eigenvalue weighted by molar-refractivity contribution is 0.104. The summed E-state index contributed by atoms with van der Waals surface area (Å²) in [7, 11) is 0. The van der Waals surface area contributed by atoms with Crippen molar-refractivity contribution in [2.75, 3.05) is 24.6 Å². The molecule has 1 atom stereocenters. The van der Waals surface area contributed by atoms with E-state index < -0.39 is 0 Å². The van der Waals surface area contributed by atoms with E-state index in [9.17, 15) is 9.50 Å². The molecule has 2 aromatic rings. The van der Waals surface area contributed by atoms with Crippen LogP contribution in [0.3, 0.4) is 0 Å². The molecule has 5 heteroatoms. The van der Waals surface area contributed by atoms with Crippen LogP contribution in [0.25, 0.3) is 0 Å². The minimum absolute atomic E-state index is 0.0450. The van der Waals surface area contributed by atoms with Crippen LogP contribution in [0.2, 0.25) is 0 Å². The number of benzene rings is 1. The number of hydrogen-bond donors (Lipinski definition) is 1. The Morgan fingerprint density at radius 1 is 1.28 bits per heavy atom. The fourth-order valence-electron chi connectivity index (χ4n) is 3.77. The molecular formula is C20H26FN3O. The van der Waals surface area contributed by atoms with Crippen LogP contribution in [0.15, 0.2) is 30.5 Å². The van der Waals surface area contributed by atoms with Gasteiger partial charge in [0.05, 0.1) is 6.61 Å². The third kappa shape index (κ3) is 3.82. The first kappa shape index (κ1) is 17.8. The zero-order valence-electron chi connectivity index (χ0n) is 15.0. The van der Waals surface area contributed by atoms with Crippen molar-refractivity contribution in [3.05, 3.63) is 53.2 Å². The van der Waals surface area contributed by atoms with Gasteiger partial charge in [0.15, 0.2) is 0 Å². The molecule has 25 heavy (non-hydrogen) atoms.